The number of nitrogens with one attached hydrogen (secondary N) is 1. The predicted octanol–water partition coefficient (Wildman–Crippen LogP) is 3.65. The molecule has 3 rings (SSSR count). The number of fused-ring (bicyclic) bond motifs is 1. The van der Waals surface area contributed by atoms with Gasteiger partial charge >= 0.3 is 0 Å². The maximum Gasteiger partial charge on any atom is 0.274 e. The van der Waals surface area contributed by atoms with Crippen LogP contribution in [0.3, 0.4) is 0 Å². The Morgan fingerprint density at radius 2 is 1.86 bits per heavy atom. The van der Waals surface area contributed by atoms with Crippen molar-refractivity contribution in [2.24, 2.45) is 0 Å². The fourth-order valence-corrected chi connectivity index (χ4v) is 3.17. The van der Waals surface area contributed by atoms with E-state index < -0.39 is 5.91 Å². The number of pyridine rings is 1. The van der Waals surface area contributed by atoms with Crippen LogP contribution in [0.1, 0.15) is 15.9 Å². The van der Waals surface area contributed by atoms with Gasteiger partial charge in [-0.3, -0.25) is 15.0 Å². The molecule has 3 aromatic rings. The first kappa shape index (κ1) is 14.6. The molecule has 4 nitrogen and oxygen atoms in total. The third kappa shape index (κ3) is 3.10. The minimum Gasteiger partial charge on any atom is -0.288 e. The highest BCUT2D eigenvalue weighted by atomic mass is 32.2. The Morgan fingerprint density at radius 1 is 1.09 bits per heavy atom. The van der Waals surface area contributed by atoms with E-state index in [1.54, 1.807) is 35.6 Å². The molecule has 0 saturated carbocycles. The molecule has 1 aromatic heterocycles. The van der Waals surface area contributed by atoms with Crippen LogP contribution < -0.4 is 5.48 Å². The molecule has 2 aromatic carbocycles. The van der Waals surface area contributed by atoms with E-state index in [4.69, 9.17) is 5.21 Å². The molecule has 1 amide bonds. The Hall–Kier alpha value is -2.37. The predicted molar refractivity (Wildman–Crippen MR) is 87.0 cm³/mol. The van der Waals surface area contributed by atoms with Crippen molar-refractivity contribution in [2.45, 2.75) is 10.6 Å². The number of para-hydroxylation sites is 1. The number of carbonyl (C=O) groups is 1. The maximum atomic E-state index is 11.3. The van der Waals surface area contributed by atoms with Crippen LogP contribution in [0.25, 0.3) is 10.9 Å². The van der Waals surface area contributed by atoms with Crippen LogP contribution in [0.4, 0.5) is 0 Å². The zero-order chi connectivity index (χ0) is 15.4. The largest absolute Gasteiger partial charge is 0.288 e. The summed E-state index contributed by atoms with van der Waals surface area (Å²) in [7, 11) is 0. The van der Waals surface area contributed by atoms with Crippen molar-refractivity contribution in [3.8, 4) is 0 Å². The summed E-state index contributed by atoms with van der Waals surface area (Å²) >= 11 is 1.71. The van der Waals surface area contributed by atoms with Gasteiger partial charge < -0.3 is 0 Å². The number of aromatic nitrogens is 1. The van der Waals surface area contributed by atoms with Crippen molar-refractivity contribution >= 4 is 28.6 Å². The number of nitrogens with zero attached hydrogens (tertiary/aromatic N) is 1. The van der Waals surface area contributed by atoms with Gasteiger partial charge in [-0.15, -0.1) is 11.8 Å². The first-order valence-corrected chi connectivity index (χ1v) is 7.76. The summed E-state index contributed by atoms with van der Waals surface area (Å²) in [5.41, 5.74) is 4.17. The monoisotopic (exact) mass is 310 g/mol. The molecule has 0 fully saturated rings. The van der Waals surface area contributed by atoms with Crippen molar-refractivity contribution in [3.05, 3.63) is 71.9 Å². The normalized spacial score (nSPS) is 10.6. The Balaban J connectivity index is 1.75. The summed E-state index contributed by atoms with van der Waals surface area (Å²) < 4.78 is 0. The fourth-order valence-electron chi connectivity index (χ4n) is 2.17. The van der Waals surface area contributed by atoms with Gasteiger partial charge in [0.2, 0.25) is 0 Å². The summed E-state index contributed by atoms with van der Waals surface area (Å²) in [4.78, 5) is 16.9. The number of benzene rings is 2. The van der Waals surface area contributed by atoms with E-state index in [1.165, 1.54) is 0 Å². The highest BCUT2D eigenvalue weighted by Crippen LogP contribution is 2.28. The highest BCUT2D eigenvalue weighted by molar-refractivity contribution is 7.98. The van der Waals surface area contributed by atoms with Crippen LogP contribution in [0.15, 0.2) is 65.7 Å². The van der Waals surface area contributed by atoms with Gasteiger partial charge in [-0.05, 0) is 29.8 Å². The van der Waals surface area contributed by atoms with E-state index >= 15 is 0 Å². The standard InChI is InChI=1S/C17H14N2O2S/c20-17(19-21)14-8-6-12(7-9-14)11-22-15-5-1-3-13-4-2-10-18-16(13)15/h1-10,21H,11H2,(H,19,20). The van der Waals surface area contributed by atoms with Crippen molar-refractivity contribution in [1.29, 1.82) is 0 Å². The quantitative estimate of drug-likeness (QED) is 0.439. The van der Waals surface area contributed by atoms with E-state index in [2.05, 4.69) is 23.2 Å². The molecule has 110 valence electrons. The molecule has 22 heavy (non-hydrogen) atoms. The van der Waals surface area contributed by atoms with E-state index in [1.807, 2.05) is 24.3 Å². The SMILES string of the molecule is O=C(NO)c1ccc(CSc2cccc3cccnc23)cc1. The van der Waals surface area contributed by atoms with Crippen LogP contribution in [0, 0.1) is 0 Å². The van der Waals surface area contributed by atoms with Gasteiger partial charge in [-0.25, -0.2) is 5.48 Å². The van der Waals surface area contributed by atoms with E-state index in [-0.39, 0.29) is 0 Å². The number of hydrogen-bond donors (Lipinski definition) is 2. The summed E-state index contributed by atoms with van der Waals surface area (Å²) in [5, 5.41) is 9.73. The number of thioether (sulfide) groups is 1. The molecule has 0 aliphatic carbocycles. The molecular weight excluding hydrogens is 296 g/mol. The van der Waals surface area contributed by atoms with Crippen LogP contribution in [0.2, 0.25) is 0 Å². The van der Waals surface area contributed by atoms with E-state index in [0.717, 1.165) is 27.1 Å². The first-order chi connectivity index (χ1) is 10.8. The zero-order valence-electron chi connectivity index (χ0n) is 11.7. The van der Waals surface area contributed by atoms with Gasteiger partial charge in [0.1, 0.15) is 0 Å². The fraction of sp³-hybridized carbons (Fsp3) is 0.0588. The van der Waals surface area contributed by atoms with Crippen molar-refractivity contribution in [1.82, 2.24) is 10.5 Å². The number of rotatable bonds is 4. The third-order valence-corrected chi connectivity index (χ3v) is 4.43. The lowest BCUT2D eigenvalue weighted by molar-refractivity contribution is 0.0706. The zero-order valence-corrected chi connectivity index (χ0v) is 12.5. The van der Waals surface area contributed by atoms with Gasteiger partial charge in [-0.2, -0.15) is 0 Å². The van der Waals surface area contributed by atoms with Crippen molar-refractivity contribution in [3.63, 3.8) is 0 Å². The number of hydrogen-bond acceptors (Lipinski definition) is 4. The second-order valence-corrected chi connectivity index (χ2v) is 5.77. The molecule has 0 saturated heterocycles. The average Bonchev–Trinajstić information content (AvgIpc) is 2.59. The van der Waals surface area contributed by atoms with Crippen molar-refractivity contribution in [2.75, 3.05) is 0 Å². The van der Waals surface area contributed by atoms with Gasteiger partial charge in [0.05, 0.1) is 5.52 Å². The molecule has 1 heterocycles. The minimum absolute atomic E-state index is 0.433. The first-order valence-electron chi connectivity index (χ1n) is 6.78. The summed E-state index contributed by atoms with van der Waals surface area (Å²) in [5.74, 6) is 0.286. The van der Waals surface area contributed by atoms with Crippen LogP contribution in [-0.2, 0) is 5.75 Å². The molecule has 5 heteroatoms. The Bertz CT molecular complexity index is 798. The molecular formula is C17H14N2O2S. The molecule has 0 aliphatic heterocycles. The van der Waals surface area contributed by atoms with Gasteiger partial charge in [0.15, 0.2) is 0 Å². The van der Waals surface area contributed by atoms with Crippen molar-refractivity contribution < 1.29 is 10.0 Å². The second-order valence-electron chi connectivity index (χ2n) is 4.76. The van der Waals surface area contributed by atoms with Gasteiger partial charge in [-0.1, -0.05) is 30.3 Å². The topological polar surface area (TPSA) is 62.2 Å². The van der Waals surface area contributed by atoms with Gasteiger partial charge in [0.25, 0.3) is 5.91 Å². The number of hydroxylamine groups is 1. The average molecular weight is 310 g/mol. The molecule has 0 unspecified atom stereocenters. The lowest BCUT2D eigenvalue weighted by atomic mass is 10.1. The van der Waals surface area contributed by atoms with Crippen LogP contribution >= 0.6 is 11.8 Å². The minimum atomic E-state index is -0.502. The third-order valence-electron chi connectivity index (χ3n) is 3.31. The summed E-state index contributed by atoms with van der Waals surface area (Å²) in [6.07, 6.45) is 1.80. The smallest absolute Gasteiger partial charge is 0.274 e. The summed E-state index contributed by atoms with van der Waals surface area (Å²) in [6.45, 7) is 0. The van der Waals surface area contributed by atoms with Crippen LogP contribution in [-0.4, -0.2) is 16.1 Å². The number of amides is 1. The molecule has 0 radical (unpaired) electrons. The maximum absolute atomic E-state index is 11.3. The van der Waals surface area contributed by atoms with E-state index in [0.29, 0.717) is 5.56 Å². The van der Waals surface area contributed by atoms with Gasteiger partial charge in [0, 0.05) is 27.8 Å². The Kier molecular flexibility index (Phi) is 4.37. The molecule has 2 N–H and O–H groups in total. The molecule has 0 aliphatic rings. The second kappa shape index (κ2) is 6.60. The summed E-state index contributed by atoms with van der Waals surface area (Å²) in [6, 6.07) is 17.3. The Labute approximate surface area is 132 Å². The van der Waals surface area contributed by atoms with Crippen LogP contribution in [0.5, 0.6) is 0 Å². The number of carbonyl (C=O) groups excluding carboxylic acids is 1. The lowest BCUT2D eigenvalue weighted by Gasteiger charge is -2.06. The van der Waals surface area contributed by atoms with E-state index in [9.17, 15) is 4.79 Å². The molecule has 0 atom stereocenters. The highest BCUT2D eigenvalue weighted by Gasteiger charge is 2.05. The Morgan fingerprint density at radius 3 is 2.64 bits per heavy atom. The molecule has 0 spiro atoms. The molecule has 0 bridgehead atoms. The lowest BCUT2D eigenvalue weighted by Crippen LogP contribution is -2.18.